The van der Waals surface area contributed by atoms with Crippen LogP contribution in [0.2, 0.25) is 0 Å². The number of hydrogen-bond acceptors (Lipinski definition) is 7. The van der Waals surface area contributed by atoms with Gasteiger partial charge in [-0.1, -0.05) is 12.1 Å². The van der Waals surface area contributed by atoms with Gasteiger partial charge >= 0.3 is 0 Å². The summed E-state index contributed by atoms with van der Waals surface area (Å²) in [5.74, 6) is 2.61. The van der Waals surface area contributed by atoms with Crippen LogP contribution in [-0.2, 0) is 17.8 Å². The van der Waals surface area contributed by atoms with Gasteiger partial charge in [-0.15, -0.1) is 10.2 Å². The van der Waals surface area contributed by atoms with Gasteiger partial charge in [-0.25, -0.2) is 0 Å². The van der Waals surface area contributed by atoms with Crippen LogP contribution in [0, 0.1) is 0 Å². The highest BCUT2D eigenvalue weighted by Crippen LogP contribution is 2.30. The average Bonchev–Trinajstić information content (AvgIpc) is 3.21. The Hall–Kier alpha value is -3.55. The minimum atomic E-state index is -0.155. The van der Waals surface area contributed by atoms with E-state index in [1.54, 1.807) is 13.2 Å². The molecule has 0 saturated carbocycles. The zero-order valence-corrected chi connectivity index (χ0v) is 15.3. The summed E-state index contributed by atoms with van der Waals surface area (Å²) in [5.41, 5.74) is 1.59. The monoisotopic (exact) mass is 381 g/mol. The fourth-order valence-electron chi connectivity index (χ4n) is 2.82. The maximum absolute atomic E-state index is 12.2. The number of nitrogens with zero attached hydrogens (tertiary/aromatic N) is 2. The maximum Gasteiger partial charge on any atom is 0.247 e. The second-order valence-corrected chi connectivity index (χ2v) is 6.16. The summed E-state index contributed by atoms with van der Waals surface area (Å²) in [4.78, 5) is 12.2. The topological polar surface area (TPSA) is 95.7 Å². The van der Waals surface area contributed by atoms with Crippen molar-refractivity contribution in [1.29, 1.82) is 0 Å². The third-order valence-electron chi connectivity index (χ3n) is 4.19. The molecule has 0 radical (unpaired) electrons. The lowest BCUT2D eigenvalue weighted by Gasteiger charge is -2.18. The predicted molar refractivity (Wildman–Crippen MR) is 99.3 cm³/mol. The highest BCUT2D eigenvalue weighted by atomic mass is 16.6. The van der Waals surface area contributed by atoms with Crippen LogP contribution in [0.25, 0.3) is 11.5 Å². The Morgan fingerprint density at radius 2 is 1.96 bits per heavy atom. The van der Waals surface area contributed by atoms with E-state index in [9.17, 15) is 4.79 Å². The van der Waals surface area contributed by atoms with Crippen LogP contribution >= 0.6 is 0 Å². The molecule has 0 fully saturated rings. The van der Waals surface area contributed by atoms with Gasteiger partial charge in [-0.2, -0.15) is 0 Å². The first kappa shape index (κ1) is 17.8. The number of carbonyl (C=O) groups is 1. The summed E-state index contributed by atoms with van der Waals surface area (Å²) in [6.45, 7) is 1.20. The van der Waals surface area contributed by atoms with Gasteiger partial charge in [0.1, 0.15) is 19.0 Å². The van der Waals surface area contributed by atoms with Gasteiger partial charge in [0.2, 0.25) is 17.7 Å². The molecule has 28 heavy (non-hydrogen) atoms. The molecule has 144 valence electrons. The normalized spacial score (nSPS) is 12.5. The number of rotatable bonds is 6. The zero-order valence-electron chi connectivity index (χ0n) is 15.3. The van der Waals surface area contributed by atoms with Gasteiger partial charge in [0.25, 0.3) is 0 Å². The van der Waals surface area contributed by atoms with Crippen molar-refractivity contribution in [1.82, 2.24) is 15.5 Å². The molecule has 8 nitrogen and oxygen atoms in total. The molecule has 0 saturated heterocycles. The molecule has 3 aromatic rings. The summed E-state index contributed by atoms with van der Waals surface area (Å²) < 4.78 is 21.8. The molecule has 4 rings (SSSR count). The van der Waals surface area contributed by atoms with Crippen molar-refractivity contribution in [2.24, 2.45) is 0 Å². The number of carbonyl (C=O) groups excluding carboxylic acids is 1. The second-order valence-electron chi connectivity index (χ2n) is 6.16. The lowest BCUT2D eigenvalue weighted by atomic mass is 10.1. The van der Waals surface area contributed by atoms with Gasteiger partial charge in [0, 0.05) is 5.56 Å². The molecular weight excluding hydrogens is 362 g/mol. The lowest BCUT2D eigenvalue weighted by molar-refractivity contribution is -0.120. The molecule has 2 heterocycles. The first-order valence-electron chi connectivity index (χ1n) is 8.83. The Labute approximate surface area is 161 Å². The van der Waals surface area contributed by atoms with Gasteiger partial charge in [-0.05, 0) is 35.9 Å². The van der Waals surface area contributed by atoms with Crippen molar-refractivity contribution in [3.63, 3.8) is 0 Å². The molecule has 1 aliphatic heterocycles. The maximum atomic E-state index is 12.2. The van der Waals surface area contributed by atoms with E-state index in [-0.39, 0.29) is 18.9 Å². The van der Waals surface area contributed by atoms with Gasteiger partial charge < -0.3 is 23.9 Å². The van der Waals surface area contributed by atoms with Crippen molar-refractivity contribution < 1.29 is 23.4 Å². The Bertz CT molecular complexity index is 985. The van der Waals surface area contributed by atoms with E-state index >= 15 is 0 Å². The average molecular weight is 381 g/mol. The summed E-state index contributed by atoms with van der Waals surface area (Å²) in [6.07, 6.45) is 0.216. The van der Waals surface area contributed by atoms with E-state index < -0.39 is 0 Å². The van der Waals surface area contributed by atoms with E-state index in [4.69, 9.17) is 18.6 Å². The second kappa shape index (κ2) is 7.99. The molecule has 0 aliphatic carbocycles. The number of ether oxygens (including phenoxy) is 3. The molecule has 0 unspecified atom stereocenters. The molecule has 0 bridgehead atoms. The van der Waals surface area contributed by atoms with Crippen molar-refractivity contribution in [3.05, 3.63) is 53.9 Å². The summed E-state index contributed by atoms with van der Waals surface area (Å²) in [6, 6.07) is 12.8. The van der Waals surface area contributed by atoms with Crippen LogP contribution in [0.3, 0.4) is 0 Å². The Morgan fingerprint density at radius 3 is 2.82 bits per heavy atom. The number of benzene rings is 2. The fraction of sp³-hybridized carbons (Fsp3) is 0.250. The number of fused-ring (bicyclic) bond motifs is 1. The lowest BCUT2D eigenvalue weighted by Crippen LogP contribution is -2.24. The molecule has 2 aromatic carbocycles. The number of nitrogens with one attached hydrogen (secondary N) is 1. The number of methoxy groups -OCH3 is 1. The van der Waals surface area contributed by atoms with E-state index in [1.807, 2.05) is 36.4 Å². The number of aromatic nitrogens is 2. The minimum absolute atomic E-state index is 0.153. The van der Waals surface area contributed by atoms with E-state index in [0.717, 1.165) is 11.1 Å². The number of hydrogen-bond donors (Lipinski definition) is 1. The standard InChI is InChI=1S/C20H19N3O5/c1-25-15-4-2-3-14(11-15)20-23-22-19(28-20)12-21-18(24)10-13-5-6-16-17(9-13)27-8-7-26-16/h2-6,9,11H,7-8,10,12H2,1H3,(H,21,24). The molecule has 0 atom stereocenters. The summed E-state index contributed by atoms with van der Waals surface area (Å²) in [5, 5.41) is 10.8. The molecule has 0 spiro atoms. The third kappa shape index (κ3) is 4.06. The Balaban J connectivity index is 1.34. The van der Waals surface area contributed by atoms with Crippen LogP contribution < -0.4 is 19.5 Å². The molecule has 1 aliphatic rings. The fourth-order valence-corrected chi connectivity index (χ4v) is 2.82. The van der Waals surface area contributed by atoms with Crippen molar-refractivity contribution in [2.45, 2.75) is 13.0 Å². The van der Waals surface area contributed by atoms with E-state index in [2.05, 4.69) is 15.5 Å². The highest BCUT2D eigenvalue weighted by molar-refractivity contribution is 5.78. The van der Waals surface area contributed by atoms with Gasteiger partial charge in [-0.3, -0.25) is 4.79 Å². The van der Waals surface area contributed by atoms with Crippen molar-refractivity contribution >= 4 is 5.91 Å². The molecule has 8 heteroatoms. The quantitative estimate of drug-likeness (QED) is 0.700. The van der Waals surface area contributed by atoms with Gasteiger partial charge in [0.05, 0.1) is 20.1 Å². The van der Waals surface area contributed by atoms with E-state index in [0.29, 0.717) is 42.2 Å². The minimum Gasteiger partial charge on any atom is -0.497 e. The zero-order chi connectivity index (χ0) is 19.3. The Morgan fingerprint density at radius 1 is 1.11 bits per heavy atom. The van der Waals surface area contributed by atoms with Crippen LogP contribution in [0.5, 0.6) is 17.2 Å². The van der Waals surface area contributed by atoms with Gasteiger partial charge in [0.15, 0.2) is 11.5 Å². The highest BCUT2D eigenvalue weighted by Gasteiger charge is 2.14. The van der Waals surface area contributed by atoms with Crippen molar-refractivity contribution in [2.75, 3.05) is 20.3 Å². The van der Waals surface area contributed by atoms with E-state index in [1.165, 1.54) is 0 Å². The SMILES string of the molecule is COc1cccc(-c2nnc(CNC(=O)Cc3ccc4c(c3)OCCO4)o2)c1. The van der Waals surface area contributed by atoms with Crippen LogP contribution in [0.1, 0.15) is 11.5 Å². The first-order chi connectivity index (χ1) is 13.7. The van der Waals surface area contributed by atoms with Crippen molar-refractivity contribution in [3.8, 4) is 28.7 Å². The number of amides is 1. The smallest absolute Gasteiger partial charge is 0.247 e. The summed E-state index contributed by atoms with van der Waals surface area (Å²) in [7, 11) is 1.59. The largest absolute Gasteiger partial charge is 0.497 e. The molecule has 1 aromatic heterocycles. The molecular formula is C20H19N3O5. The summed E-state index contributed by atoms with van der Waals surface area (Å²) >= 11 is 0. The molecule has 1 N–H and O–H groups in total. The van der Waals surface area contributed by atoms with Crippen LogP contribution in [0.15, 0.2) is 46.9 Å². The third-order valence-corrected chi connectivity index (χ3v) is 4.19. The van der Waals surface area contributed by atoms with Crippen LogP contribution in [0.4, 0.5) is 0 Å². The molecule has 1 amide bonds. The predicted octanol–water partition coefficient (Wildman–Crippen LogP) is 2.38. The Kier molecular flexibility index (Phi) is 5.09. The first-order valence-corrected chi connectivity index (χ1v) is 8.83. The van der Waals surface area contributed by atoms with Crippen LogP contribution in [-0.4, -0.2) is 36.4 Å².